The molecule has 0 saturated heterocycles. The summed E-state index contributed by atoms with van der Waals surface area (Å²) < 4.78 is 4.56. The summed E-state index contributed by atoms with van der Waals surface area (Å²) in [6.45, 7) is 2.06. The number of thioether (sulfide) groups is 1. The summed E-state index contributed by atoms with van der Waals surface area (Å²) in [5, 5.41) is 0.998. The molecule has 0 saturated carbocycles. The Labute approximate surface area is 75.5 Å². The summed E-state index contributed by atoms with van der Waals surface area (Å²) in [6, 6.07) is 1.79. The maximum Gasteiger partial charge on any atom is 0.339 e. The molecule has 0 aromatic carbocycles. The van der Waals surface area contributed by atoms with Crippen LogP contribution in [0.25, 0.3) is 0 Å². The zero-order valence-corrected chi connectivity index (χ0v) is 7.90. The Balaban J connectivity index is 2.70. The highest BCUT2D eigenvalue weighted by Gasteiger charge is 2.07. The van der Waals surface area contributed by atoms with Crippen LogP contribution in [0.3, 0.4) is 0 Å². The fourth-order valence-corrected chi connectivity index (χ4v) is 1.51. The molecule has 4 heteroatoms. The molecule has 66 valence electrons. The van der Waals surface area contributed by atoms with Crippen LogP contribution in [0.4, 0.5) is 0 Å². The van der Waals surface area contributed by atoms with Gasteiger partial charge in [-0.1, -0.05) is 6.92 Å². The molecule has 0 amide bonds. The van der Waals surface area contributed by atoms with E-state index >= 15 is 0 Å². The predicted molar refractivity (Wildman–Crippen MR) is 48.5 cm³/mol. The number of nitrogens with one attached hydrogen (secondary N) is 1. The van der Waals surface area contributed by atoms with Crippen LogP contribution in [0.1, 0.15) is 17.3 Å². The molecule has 3 nitrogen and oxygen atoms in total. The van der Waals surface area contributed by atoms with Crippen molar-refractivity contribution in [3.05, 3.63) is 17.8 Å². The van der Waals surface area contributed by atoms with Crippen molar-refractivity contribution in [1.82, 2.24) is 4.98 Å². The van der Waals surface area contributed by atoms with Crippen LogP contribution in [-0.2, 0) is 4.74 Å². The topological polar surface area (TPSA) is 42.1 Å². The van der Waals surface area contributed by atoms with E-state index < -0.39 is 0 Å². The maximum absolute atomic E-state index is 11.0. The van der Waals surface area contributed by atoms with Crippen molar-refractivity contribution >= 4 is 17.7 Å². The van der Waals surface area contributed by atoms with E-state index in [1.807, 2.05) is 0 Å². The second kappa shape index (κ2) is 4.21. The number of hydrogen-bond acceptors (Lipinski definition) is 3. The molecule has 0 aliphatic rings. The summed E-state index contributed by atoms with van der Waals surface area (Å²) in [5.74, 6) is 0.690. The van der Waals surface area contributed by atoms with E-state index in [9.17, 15) is 4.79 Å². The average molecular weight is 185 g/mol. The number of esters is 1. The first kappa shape index (κ1) is 9.19. The molecule has 0 spiro atoms. The van der Waals surface area contributed by atoms with E-state index in [1.165, 1.54) is 7.11 Å². The standard InChI is InChI=1S/C8H11NO2S/c1-3-12-7-4-6(5-9-7)8(10)11-2/h4-5,9H,3H2,1-2H3. The van der Waals surface area contributed by atoms with Gasteiger partial charge in [0.05, 0.1) is 17.7 Å². The van der Waals surface area contributed by atoms with E-state index in [4.69, 9.17) is 0 Å². The van der Waals surface area contributed by atoms with Gasteiger partial charge in [-0.25, -0.2) is 4.79 Å². The van der Waals surface area contributed by atoms with Crippen LogP contribution in [0.15, 0.2) is 17.3 Å². The molecule has 12 heavy (non-hydrogen) atoms. The minimum atomic E-state index is -0.297. The molecular weight excluding hydrogens is 174 g/mol. The minimum Gasteiger partial charge on any atom is -0.465 e. The minimum absolute atomic E-state index is 0.297. The van der Waals surface area contributed by atoms with Crippen LogP contribution in [0, 0.1) is 0 Å². The van der Waals surface area contributed by atoms with Gasteiger partial charge in [-0.3, -0.25) is 0 Å². The van der Waals surface area contributed by atoms with Gasteiger partial charge in [-0.15, -0.1) is 11.8 Å². The summed E-state index contributed by atoms with van der Waals surface area (Å²) >= 11 is 1.66. The summed E-state index contributed by atoms with van der Waals surface area (Å²) in [6.07, 6.45) is 1.66. The lowest BCUT2D eigenvalue weighted by molar-refractivity contribution is 0.0601. The third-order valence-corrected chi connectivity index (χ3v) is 2.21. The van der Waals surface area contributed by atoms with Gasteiger partial charge in [0.2, 0.25) is 0 Å². The Hall–Kier alpha value is -0.900. The number of carbonyl (C=O) groups is 1. The highest BCUT2D eigenvalue weighted by molar-refractivity contribution is 7.99. The number of methoxy groups -OCH3 is 1. The lowest BCUT2D eigenvalue weighted by atomic mass is 10.3. The Morgan fingerprint density at radius 1 is 1.75 bits per heavy atom. The summed E-state index contributed by atoms with van der Waals surface area (Å²) in [5.41, 5.74) is 0.577. The molecule has 0 radical (unpaired) electrons. The lowest BCUT2D eigenvalue weighted by Crippen LogP contribution is -1.98. The Morgan fingerprint density at radius 3 is 3.08 bits per heavy atom. The number of rotatable bonds is 3. The van der Waals surface area contributed by atoms with Crippen molar-refractivity contribution in [2.24, 2.45) is 0 Å². The van der Waals surface area contributed by atoms with E-state index in [2.05, 4.69) is 16.6 Å². The van der Waals surface area contributed by atoms with Crippen molar-refractivity contribution in [1.29, 1.82) is 0 Å². The normalized spacial score (nSPS) is 9.83. The van der Waals surface area contributed by atoms with Gasteiger partial charge in [-0.05, 0) is 11.8 Å². The smallest absolute Gasteiger partial charge is 0.339 e. The number of aromatic amines is 1. The molecule has 1 aromatic rings. The van der Waals surface area contributed by atoms with Gasteiger partial charge < -0.3 is 9.72 Å². The second-order valence-corrected chi connectivity index (χ2v) is 3.48. The van der Waals surface area contributed by atoms with Gasteiger partial charge in [-0.2, -0.15) is 0 Å². The van der Waals surface area contributed by atoms with Gasteiger partial charge in [0, 0.05) is 6.20 Å². The number of hydrogen-bond donors (Lipinski definition) is 1. The molecule has 0 atom stereocenters. The second-order valence-electron chi connectivity index (χ2n) is 2.18. The maximum atomic E-state index is 11.0. The van der Waals surface area contributed by atoms with Gasteiger partial charge in [0.1, 0.15) is 0 Å². The Bertz CT molecular complexity index is 270. The first-order valence-electron chi connectivity index (χ1n) is 3.67. The first-order chi connectivity index (χ1) is 5.77. The summed E-state index contributed by atoms with van der Waals surface area (Å²) in [4.78, 5) is 14.0. The van der Waals surface area contributed by atoms with Gasteiger partial charge in [0.25, 0.3) is 0 Å². The van der Waals surface area contributed by atoms with E-state index in [0.29, 0.717) is 5.56 Å². The molecule has 0 unspecified atom stereocenters. The molecule has 0 aliphatic carbocycles. The Kier molecular flexibility index (Phi) is 3.22. The van der Waals surface area contributed by atoms with Crippen LogP contribution in [-0.4, -0.2) is 23.8 Å². The number of H-pyrrole nitrogens is 1. The fraction of sp³-hybridized carbons (Fsp3) is 0.375. The van der Waals surface area contributed by atoms with Crippen LogP contribution >= 0.6 is 11.8 Å². The Morgan fingerprint density at radius 2 is 2.50 bits per heavy atom. The third kappa shape index (κ3) is 2.04. The van der Waals surface area contributed by atoms with Crippen LogP contribution in [0.2, 0.25) is 0 Å². The number of aromatic nitrogens is 1. The largest absolute Gasteiger partial charge is 0.465 e. The highest BCUT2D eigenvalue weighted by Crippen LogP contribution is 2.17. The van der Waals surface area contributed by atoms with Crippen molar-refractivity contribution in [3.63, 3.8) is 0 Å². The van der Waals surface area contributed by atoms with Crippen molar-refractivity contribution in [2.45, 2.75) is 11.9 Å². The molecule has 1 N–H and O–H groups in total. The van der Waals surface area contributed by atoms with E-state index in [-0.39, 0.29) is 5.97 Å². The molecular formula is C8H11NO2S. The van der Waals surface area contributed by atoms with Crippen LogP contribution in [0.5, 0.6) is 0 Å². The van der Waals surface area contributed by atoms with Gasteiger partial charge >= 0.3 is 5.97 Å². The van der Waals surface area contributed by atoms with Crippen molar-refractivity contribution < 1.29 is 9.53 Å². The summed E-state index contributed by atoms with van der Waals surface area (Å²) in [7, 11) is 1.38. The lowest BCUT2D eigenvalue weighted by Gasteiger charge is -1.91. The molecule has 1 rings (SSSR count). The molecule has 0 bridgehead atoms. The molecule has 0 aliphatic heterocycles. The van der Waals surface area contributed by atoms with Crippen LogP contribution < -0.4 is 0 Å². The predicted octanol–water partition coefficient (Wildman–Crippen LogP) is 1.91. The molecule has 1 aromatic heterocycles. The monoisotopic (exact) mass is 185 g/mol. The zero-order valence-electron chi connectivity index (χ0n) is 7.09. The average Bonchev–Trinajstić information content (AvgIpc) is 2.52. The third-order valence-electron chi connectivity index (χ3n) is 1.38. The molecule has 1 heterocycles. The van der Waals surface area contributed by atoms with E-state index in [0.717, 1.165) is 10.8 Å². The fourth-order valence-electron chi connectivity index (χ4n) is 0.848. The number of ether oxygens (including phenoxy) is 1. The SMILES string of the molecule is CCSc1cc(C(=O)OC)c[nH]1. The highest BCUT2D eigenvalue weighted by atomic mass is 32.2. The van der Waals surface area contributed by atoms with Crippen molar-refractivity contribution in [2.75, 3.05) is 12.9 Å². The molecule has 0 fully saturated rings. The quantitative estimate of drug-likeness (QED) is 0.577. The number of carbonyl (C=O) groups excluding carboxylic acids is 1. The zero-order chi connectivity index (χ0) is 8.97. The first-order valence-corrected chi connectivity index (χ1v) is 4.66. The van der Waals surface area contributed by atoms with Crippen molar-refractivity contribution in [3.8, 4) is 0 Å². The van der Waals surface area contributed by atoms with E-state index in [1.54, 1.807) is 24.0 Å². The van der Waals surface area contributed by atoms with Gasteiger partial charge in [0.15, 0.2) is 0 Å².